The Bertz CT molecular complexity index is 1180. The molecule has 0 radical (unpaired) electrons. The first kappa shape index (κ1) is 19.0. The maximum absolute atomic E-state index is 13.2. The topological polar surface area (TPSA) is 81.4 Å². The first-order valence-electron chi connectivity index (χ1n) is 8.95. The lowest BCUT2D eigenvalue weighted by molar-refractivity contribution is 0.0997. The molecule has 4 aromatic rings. The van der Waals surface area contributed by atoms with Gasteiger partial charge in [0.1, 0.15) is 9.71 Å². The van der Waals surface area contributed by atoms with Crippen LogP contribution in [0.15, 0.2) is 59.2 Å². The number of aromatic nitrogens is 1. The van der Waals surface area contributed by atoms with E-state index in [9.17, 15) is 9.59 Å². The maximum atomic E-state index is 13.2. The molecule has 0 saturated carbocycles. The predicted molar refractivity (Wildman–Crippen MR) is 112 cm³/mol. The number of amides is 1. The van der Waals surface area contributed by atoms with Crippen molar-refractivity contribution in [2.45, 2.75) is 13.5 Å². The standard InChI is InChI=1S/C22H18N2O4S/c1-13-11-15(12-27-2)17-18(24-21(26)16-9-6-10-28-16)20(29-22(17)23-13)19(25)14-7-4-3-5-8-14/h3-11H,12H2,1-2H3,(H,24,26). The zero-order chi connectivity index (χ0) is 20.4. The van der Waals surface area contributed by atoms with Crippen molar-refractivity contribution in [2.24, 2.45) is 0 Å². The lowest BCUT2D eigenvalue weighted by Crippen LogP contribution is -2.13. The molecule has 0 aliphatic carbocycles. The van der Waals surface area contributed by atoms with E-state index < -0.39 is 5.91 Å². The second-order valence-electron chi connectivity index (χ2n) is 6.47. The molecule has 29 heavy (non-hydrogen) atoms. The van der Waals surface area contributed by atoms with E-state index in [0.29, 0.717) is 33.0 Å². The quantitative estimate of drug-likeness (QED) is 0.464. The largest absolute Gasteiger partial charge is 0.459 e. The van der Waals surface area contributed by atoms with Gasteiger partial charge in [-0.1, -0.05) is 30.3 Å². The molecule has 0 bridgehead atoms. The number of hydrogen-bond acceptors (Lipinski definition) is 6. The van der Waals surface area contributed by atoms with E-state index in [2.05, 4.69) is 10.3 Å². The molecule has 0 saturated heterocycles. The van der Waals surface area contributed by atoms with Crippen LogP contribution < -0.4 is 5.32 Å². The van der Waals surface area contributed by atoms with Crippen molar-refractivity contribution < 1.29 is 18.7 Å². The van der Waals surface area contributed by atoms with E-state index in [1.54, 1.807) is 43.5 Å². The molecule has 0 fully saturated rings. The van der Waals surface area contributed by atoms with Crippen LogP contribution in [0.4, 0.5) is 5.69 Å². The molecule has 1 N–H and O–H groups in total. The number of furan rings is 1. The number of benzene rings is 1. The highest BCUT2D eigenvalue weighted by Gasteiger charge is 2.25. The Hall–Kier alpha value is -3.29. The summed E-state index contributed by atoms with van der Waals surface area (Å²) in [4.78, 5) is 31.6. The number of methoxy groups -OCH3 is 1. The van der Waals surface area contributed by atoms with Crippen LogP contribution in [0.3, 0.4) is 0 Å². The van der Waals surface area contributed by atoms with E-state index in [0.717, 1.165) is 11.3 Å². The van der Waals surface area contributed by atoms with Gasteiger partial charge in [-0.15, -0.1) is 11.3 Å². The summed E-state index contributed by atoms with van der Waals surface area (Å²) in [5.41, 5.74) is 2.64. The van der Waals surface area contributed by atoms with Crippen LogP contribution in [0.25, 0.3) is 10.2 Å². The summed E-state index contributed by atoms with van der Waals surface area (Å²) in [6, 6.07) is 14.1. The van der Waals surface area contributed by atoms with E-state index in [1.807, 2.05) is 19.1 Å². The molecule has 7 heteroatoms. The number of pyridine rings is 1. The Morgan fingerprint density at radius 3 is 2.66 bits per heavy atom. The number of rotatable bonds is 6. The van der Waals surface area contributed by atoms with Crippen LogP contribution >= 0.6 is 11.3 Å². The van der Waals surface area contributed by atoms with Gasteiger partial charge in [-0.3, -0.25) is 9.59 Å². The number of aryl methyl sites for hydroxylation is 1. The number of hydrogen-bond donors (Lipinski definition) is 1. The second kappa shape index (κ2) is 7.98. The molecule has 1 amide bonds. The van der Waals surface area contributed by atoms with Gasteiger partial charge in [0.25, 0.3) is 5.91 Å². The minimum absolute atomic E-state index is 0.163. The molecule has 1 aromatic carbocycles. The average Bonchev–Trinajstić information content (AvgIpc) is 3.37. The van der Waals surface area contributed by atoms with E-state index in [1.165, 1.54) is 17.6 Å². The van der Waals surface area contributed by atoms with Gasteiger partial charge in [-0.2, -0.15) is 0 Å². The van der Waals surface area contributed by atoms with E-state index in [4.69, 9.17) is 9.15 Å². The van der Waals surface area contributed by atoms with Gasteiger partial charge >= 0.3 is 0 Å². The van der Waals surface area contributed by atoms with Crippen molar-refractivity contribution in [1.82, 2.24) is 4.98 Å². The third-order valence-corrected chi connectivity index (χ3v) is 5.48. The summed E-state index contributed by atoms with van der Waals surface area (Å²) >= 11 is 1.26. The third kappa shape index (κ3) is 3.70. The molecule has 0 aliphatic heterocycles. The second-order valence-corrected chi connectivity index (χ2v) is 7.47. The number of nitrogens with zero attached hydrogens (tertiary/aromatic N) is 1. The first-order chi connectivity index (χ1) is 14.1. The minimum atomic E-state index is -0.430. The number of nitrogens with one attached hydrogen (secondary N) is 1. The van der Waals surface area contributed by atoms with E-state index in [-0.39, 0.29) is 11.5 Å². The van der Waals surface area contributed by atoms with Crippen molar-refractivity contribution in [3.8, 4) is 0 Å². The van der Waals surface area contributed by atoms with Crippen LogP contribution in [0.1, 0.15) is 37.0 Å². The van der Waals surface area contributed by atoms with Crippen LogP contribution in [0.2, 0.25) is 0 Å². The molecule has 6 nitrogen and oxygen atoms in total. The molecule has 3 aromatic heterocycles. The summed E-state index contributed by atoms with van der Waals surface area (Å²) in [6.45, 7) is 2.22. The highest BCUT2D eigenvalue weighted by Crippen LogP contribution is 2.39. The SMILES string of the molecule is COCc1cc(C)nc2sc(C(=O)c3ccccc3)c(NC(=O)c3ccco3)c12. The number of ketones is 1. The van der Waals surface area contributed by atoms with Gasteiger partial charge in [0, 0.05) is 23.8 Å². The van der Waals surface area contributed by atoms with Crippen molar-refractivity contribution in [1.29, 1.82) is 0 Å². The van der Waals surface area contributed by atoms with Gasteiger partial charge in [0.05, 0.1) is 18.6 Å². The summed E-state index contributed by atoms with van der Waals surface area (Å²) < 4.78 is 10.5. The monoisotopic (exact) mass is 406 g/mol. The fourth-order valence-electron chi connectivity index (χ4n) is 3.16. The van der Waals surface area contributed by atoms with Crippen molar-refractivity contribution in [3.63, 3.8) is 0 Å². The number of fused-ring (bicyclic) bond motifs is 1. The maximum Gasteiger partial charge on any atom is 0.291 e. The van der Waals surface area contributed by atoms with Gasteiger partial charge in [-0.05, 0) is 30.7 Å². The molecule has 3 heterocycles. The normalized spacial score (nSPS) is 11.0. The number of ether oxygens (including phenoxy) is 1. The average molecular weight is 406 g/mol. The Labute approximate surface area is 171 Å². The Morgan fingerprint density at radius 1 is 1.17 bits per heavy atom. The Morgan fingerprint density at radius 2 is 1.97 bits per heavy atom. The van der Waals surface area contributed by atoms with Crippen molar-refractivity contribution >= 4 is 38.9 Å². The molecular formula is C22H18N2O4S. The van der Waals surface area contributed by atoms with Crippen LogP contribution in [0.5, 0.6) is 0 Å². The highest BCUT2D eigenvalue weighted by molar-refractivity contribution is 7.21. The zero-order valence-electron chi connectivity index (χ0n) is 15.9. The lowest BCUT2D eigenvalue weighted by Gasteiger charge is -2.09. The van der Waals surface area contributed by atoms with Gasteiger partial charge in [0.15, 0.2) is 5.76 Å². The molecule has 4 rings (SSSR count). The number of carbonyl (C=O) groups is 2. The number of carbonyl (C=O) groups excluding carboxylic acids is 2. The molecule has 0 atom stereocenters. The minimum Gasteiger partial charge on any atom is -0.459 e. The van der Waals surface area contributed by atoms with Crippen molar-refractivity contribution in [2.75, 3.05) is 12.4 Å². The third-order valence-electron chi connectivity index (χ3n) is 4.40. The highest BCUT2D eigenvalue weighted by atomic mass is 32.1. The van der Waals surface area contributed by atoms with Gasteiger partial charge in [0.2, 0.25) is 5.78 Å². The predicted octanol–water partition coefficient (Wildman–Crippen LogP) is 4.83. The summed E-state index contributed by atoms with van der Waals surface area (Å²) in [5.74, 6) is -0.444. The van der Waals surface area contributed by atoms with Crippen LogP contribution in [-0.2, 0) is 11.3 Å². The number of anilines is 1. The molecule has 0 spiro atoms. The molecular weight excluding hydrogens is 388 g/mol. The summed E-state index contributed by atoms with van der Waals surface area (Å²) in [5, 5.41) is 3.58. The first-order valence-corrected chi connectivity index (χ1v) is 9.76. The number of thiophene rings is 1. The van der Waals surface area contributed by atoms with Gasteiger partial charge in [-0.25, -0.2) is 4.98 Å². The van der Waals surface area contributed by atoms with Gasteiger partial charge < -0.3 is 14.5 Å². The van der Waals surface area contributed by atoms with E-state index >= 15 is 0 Å². The van der Waals surface area contributed by atoms with Crippen LogP contribution in [0, 0.1) is 6.92 Å². The fourth-order valence-corrected chi connectivity index (χ4v) is 4.35. The Balaban J connectivity index is 1.90. The zero-order valence-corrected chi connectivity index (χ0v) is 16.7. The smallest absolute Gasteiger partial charge is 0.291 e. The van der Waals surface area contributed by atoms with Crippen LogP contribution in [-0.4, -0.2) is 23.8 Å². The Kier molecular flexibility index (Phi) is 5.24. The lowest BCUT2D eigenvalue weighted by atomic mass is 10.1. The molecule has 0 aliphatic rings. The molecule has 146 valence electrons. The fraction of sp³-hybridized carbons (Fsp3) is 0.136. The summed E-state index contributed by atoms with van der Waals surface area (Å²) in [7, 11) is 1.60. The molecule has 0 unspecified atom stereocenters. The summed E-state index contributed by atoms with van der Waals surface area (Å²) in [6.07, 6.45) is 1.43. The van der Waals surface area contributed by atoms with Crippen molar-refractivity contribution in [3.05, 3.63) is 82.3 Å².